The van der Waals surface area contributed by atoms with Gasteiger partial charge in [-0.25, -0.2) is 4.39 Å². The minimum absolute atomic E-state index is 0.0618. The molecule has 138 valence electrons. The lowest BCUT2D eigenvalue weighted by Crippen LogP contribution is -2.53. The molecule has 0 saturated carbocycles. The molecule has 2 aliphatic heterocycles. The highest BCUT2D eigenvalue weighted by Crippen LogP contribution is 2.38. The number of rotatable bonds is 2. The van der Waals surface area contributed by atoms with E-state index in [0.29, 0.717) is 25.0 Å². The quantitative estimate of drug-likeness (QED) is 0.899. The molecule has 2 amide bonds. The van der Waals surface area contributed by atoms with Crippen molar-refractivity contribution >= 4 is 22.7 Å². The second kappa shape index (κ2) is 6.11. The Labute approximate surface area is 152 Å². The number of benzene rings is 1. The number of fused-ring (bicyclic) bond motifs is 1. The van der Waals surface area contributed by atoms with Gasteiger partial charge in [0.2, 0.25) is 11.8 Å². The first kappa shape index (κ1) is 17.1. The lowest BCUT2D eigenvalue weighted by Gasteiger charge is -2.43. The number of amides is 2. The summed E-state index contributed by atoms with van der Waals surface area (Å²) in [6.45, 7) is 3.23. The van der Waals surface area contributed by atoms with Crippen molar-refractivity contribution in [1.82, 2.24) is 14.8 Å². The Morgan fingerprint density at radius 1 is 1.27 bits per heavy atom. The number of H-pyrrole nitrogens is 1. The summed E-state index contributed by atoms with van der Waals surface area (Å²) in [5, 5.41) is 0.783. The minimum Gasteiger partial charge on any atom is -0.356 e. The predicted octanol–water partition coefficient (Wildman–Crippen LogP) is 2.77. The Morgan fingerprint density at radius 3 is 2.65 bits per heavy atom. The van der Waals surface area contributed by atoms with Crippen LogP contribution < -0.4 is 0 Å². The van der Waals surface area contributed by atoms with Gasteiger partial charge in [-0.05, 0) is 37.8 Å². The fourth-order valence-corrected chi connectivity index (χ4v) is 4.56. The van der Waals surface area contributed by atoms with Gasteiger partial charge in [0.1, 0.15) is 5.82 Å². The number of nitrogens with one attached hydrogen (secondary N) is 1. The number of likely N-dealkylation sites (tertiary alicyclic amines) is 2. The molecular formula is C20H24FN3O2. The normalized spacial score (nSPS) is 19.7. The molecule has 6 heteroatoms. The molecule has 1 aromatic carbocycles. The fraction of sp³-hybridized carbons (Fsp3) is 0.500. The van der Waals surface area contributed by atoms with Gasteiger partial charge in [0.15, 0.2) is 0 Å². The minimum atomic E-state index is -0.293. The van der Waals surface area contributed by atoms with E-state index in [1.807, 2.05) is 29.8 Å². The van der Waals surface area contributed by atoms with Gasteiger partial charge in [0.25, 0.3) is 0 Å². The molecule has 3 heterocycles. The Balaban J connectivity index is 1.48. The Morgan fingerprint density at radius 2 is 2.00 bits per heavy atom. The van der Waals surface area contributed by atoms with Crippen LogP contribution in [-0.4, -0.2) is 52.3 Å². The number of carbonyl (C=O) groups excluding carboxylic acids is 2. The van der Waals surface area contributed by atoms with E-state index in [-0.39, 0.29) is 29.6 Å². The highest BCUT2D eigenvalue weighted by Gasteiger charge is 2.45. The maximum Gasteiger partial charge on any atom is 0.227 e. The largest absolute Gasteiger partial charge is 0.356 e. The van der Waals surface area contributed by atoms with Crippen LogP contribution in [0.2, 0.25) is 0 Å². The summed E-state index contributed by atoms with van der Waals surface area (Å²) in [5.74, 6) is -0.0144. The van der Waals surface area contributed by atoms with E-state index in [4.69, 9.17) is 0 Å². The van der Waals surface area contributed by atoms with Gasteiger partial charge in [-0.3, -0.25) is 9.59 Å². The first-order valence-corrected chi connectivity index (χ1v) is 9.21. The average Bonchev–Trinajstić information content (AvgIpc) is 3.09. The monoisotopic (exact) mass is 357 g/mol. The summed E-state index contributed by atoms with van der Waals surface area (Å²) in [6, 6.07) is 4.96. The van der Waals surface area contributed by atoms with Crippen LogP contribution >= 0.6 is 0 Å². The third-order valence-electron chi connectivity index (χ3n) is 6.37. The summed E-state index contributed by atoms with van der Waals surface area (Å²) in [7, 11) is 1.89. The molecule has 0 unspecified atom stereocenters. The number of aryl methyl sites for hydroxylation is 1. The number of carbonyl (C=O) groups is 2. The molecule has 1 N–H and O–H groups in total. The molecule has 2 fully saturated rings. The zero-order valence-corrected chi connectivity index (χ0v) is 15.3. The number of piperidine rings is 1. The molecule has 0 atom stereocenters. The maximum absolute atomic E-state index is 14.0. The number of para-hydroxylation sites is 1. The molecule has 0 radical (unpaired) electrons. The molecule has 1 spiro atoms. The topological polar surface area (TPSA) is 56.4 Å². The highest BCUT2D eigenvalue weighted by molar-refractivity contribution is 5.90. The van der Waals surface area contributed by atoms with Crippen LogP contribution in [0.3, 0.4) is 0 Å². The lowest BCUT2D eigenvalue weighted by molar-refractivity contribution is -0.135. The maximum atomic E-state index is 14.0. The van der Waals surface area contributed by atoms with Crippen LogP contribution in [0, 0.1) is 12.7 Å². The fourth-order valence-electron chi connectivity index (χ4n) is 4.56. The smallest absolute Gasteiger partial charge is 0.227 e. The Kier molecular flexibility index (Phi) is 4.01. The van der Waals surface area contributed by atoms with Crippen LogP contribution in [0.15, 0.2) is 18.2 Å². The zero-order chi connectivity index (χ0) is 18.5. The van der Waals surface area contributed by atoms with Crippen LogP contribution in [0.1, 0.15) is 36.9 Å². The summed E-state index contributed by atoms with van der Waals surface area (Å²) in [5.41, 5.74) is 2.12. The number of nitrogens with zero attached hydrogens (tertiary/aromatic N) is 2. The van der Waals surface area contributed by atoms with Gasteiger partial charge in [-0.1, -0.05) is 12.1 Å². The number of aromatic nitrogens is 1. The lowest BCUT2D eigenvalue weighted by atomic mass is 9.85. The van der Waals surface area contributed by atoms with E-state index in [1.54, 1.807) is 6.07 Å². The molecule has 5 nitrogen and oxygen atoms in total. The second-order valence-corrected chi connectivity index (χ2v) is 7.63. The molecule has 2 saturated heterocycles. The third kappa shape index (κ3) is 2.59. The second-order valence-electron chi connectivity index (χ2n) is 7.63. The van der Waals surface area contributed by atoms with Crippen molar-refractivity contribution in [3.05, 3.63) is 35.3 Å². The summed E-state index contributed by atoms with van der Waals surface area (Å²) < 4.78 is 14.0. The van der Waals surface area contributed by atoms with Crippen LogP contribution in [-0.2, 0) is 16.0 Å². The summed E-state index contributed by atoms with van der Waals surface area (Å²) in [6.07, 6.45) is 3.46. The Bertz CT molecular complexity index is 881. The van der Waals surface area contributed by atoms with E-state index < -0.39 is 0 Å². The van der Waals surface area contributed by atoms with Crippen molar-refractivity contribution in [2.75, 3.05) is 20.1 Å². The first-order chi connectivity index (χ1) is 12.4. The van der Waals surface area contributed by atoms with Gasteiger partial charge in [-0.15, -0.1) is 0 Å². The molecule has 0 bridgehead atoms. The third-order valence-corrected chi connectivity index (χ3v) is 6.37. The number of hydrogen-bond donors (Lipinski definition) is 1. The summed E-state index contributed by atoms with van der Waals surface area (Å²) in [4.78, 5) is 31.6. The van der Waals surface area contributed by atoms with E-state index in [1.165, 1.54) is 6.07 Å². The number of hydrogen-bond acceptors (Lipinski definition) is 2. The number of halogens is 1. The SMILES string of the molecule is Cc1[nH]c2c(F)cccc2c1CC(=O)N1CCC2(CCC(=O)N2C)CC1. The predicted molar refractivity (Wildman–Crippen MR) is 97.2 cm³/mol. The van der Waals surface area contributed by atoms with Gasteiger partial charge in [0.05, 0.1) is 11.9 Å². The van der Waals surface area contributed by atoms with Gasteiger partial charge in [0, 0.05) is 43.2 Å². The van der Waals surface area contributed by atoms with Crippen molar-refractivity contribution in [3.8, 4) is 0 Å². The number of aromatic amines is 1. The zero-order valence-electron chi connectivity index (χ0n) is 15.3. The van der Waals surface area contributed by atoms with Crippen LogP contribution in [0.5, 0.6) is 0 Å². The van der Waals surface area contributed by atoms with Gasteiger partial charge >= 0.3 is 0 Å². The molecule has 1 aromatic heterocycles. The van der Waals surface area contributed by atoms with Gasteiger partial charge in [-0.2, -0.15) is 0 Å². The van der Waals surface area contributed by atoms with Gasteiger partial charge < -0.3 is 14.8 Å². The summed E-state index contributed by atoms with van der Waals surface area (Å²) >= 11 is 0. The van der Waals surface area contributed by atoms with Crippen molar-refractivity contribution in [2.24, 2.45) is 0 Å². The van der Waals surface area contributed by atoms with Crippen molar-refractivity contribution < 1.29 is 14.0 Å². The molecule has 4 rings (SSSR count). The van der Waals surface area contributed by atoms with E-state index in [2.05, 4.69) is 4.98 Å². The first-order valence-electron chi connectivity index (χ1n) is 9.21. The molecule has 0 aliphatic carbocycles. The van der Waals surface area contributed by atoms with Crippen LogP contribution in [0.25, 0.3) is 10.9 Å². The van der Waals surface area contributed by atoms with Crippen LogP contribution in [0.4, 0.5) is 4.39 Å². The average molecular weight is 357 g/mol. The molecule has 26 heavy (non-hydrogen) atoms. The molecule has 2 aliphatic rings. The van der Waals surface area contributed by atoms with Crippen molar-refractivity contribution in [2.45, 2.75) is 44.6 Å². The molecule has 2 aromatic rings. The van der Waals surface area contributed by atoms with Crippen molar-refractivity contribution in [1.29, 1.82) is 0 Å². The standard InChI is InChI=1S/C20H24FN3O2/c1-13-15(14-4-3-5-16(21)19(14)22-13)12-18(26)24-10-8-20(9-11-24)7-6-17(25)23(20)2/h3-5,22H,6-12H2,1-2H3. The van der Waals surface area contributed by atoms with E-state index in [9.17, 15) is 14.0 Å². The van der Waals surface area contributed by atoms with E-state index in [0.717, 1.165) is 35.9 Å². The van der Waals surface area contributed by atoms with Crippen molar-refractivity contribution in [3.63, 3.8) is 0 Å². The Hall–Kier alpha value is -2.37. The highest BCUT2D eigenvalue weighted by atomic mass is 19.1. The molecular weight excluding hydrogens is 333 g/mol. The van der Waals surface area contributed by atoms with E-state index >= 15 is 0 Å².